The third-order valence-electron chi connectivity index (χ3n) is 6.70. The van der Waals surface area contributed by atoms with Gasteiger partial charge in [0, 0.05) is 16.5 Å². The van der Waals surface area contributed by atoms with Gasteiger partial charge in [-0.1, -0.05) is 44.2 Å². The monoisotopic (exact) mass is 567 g/mol. The number of carbonyl (C=O) groups is 1. The van der Waals surface area contributed by atoms with Gasteiger partial charge in [0.15, 0.2) is 23.2 Å². The van der Waals surface area contributed by atoms with Crippen LogP contribution in [-0.2, 0) is 20.9 Å². The van der Waals surface area contributed by atoms with E-state index in [1.165, 1.54) is 18.2 Å². The molecule has 1 aliphatic heterocycles. The number of benzene rings is 2. The van der Waals surface area contributed by atoms with Gasteiger partial charge in [-0.2, -0.15) is 0 Å². The van der Waals surface area contributed by atoms with Crippen molar-refractivity contribution in [3.8, 4) is 11.3 Å². The van der Waals surface area contributed by atoms with E-state index in [9.17, 15) is 37.7 Å². The number of hydrogen-bond acceptors (Lipinski definition) is 8. The number of ether oxygens (including phenoxy) is 2. The maximum absolute atomic E-state index is 14.3. The summed E-state index contributed by atoms with van der Waals surface area (Å²) in [6.07, 6.45) is -6.37. The molecule has 0 amide bonds. The molecule has 1 fully saturated rings. The summed E-state index contributed by atoms with van der Waals surface area (Å²) in [7, 11) is 0. The molecule has 2 heterocycles. The summed E-state index contributed by atoms with van der Waals surface area (Å²) in [4.78, 5) is 13.4. The fraction of sp³-hybridized carbons (Fsp3) is 0.444. The van der Waals surface area contributed by atoms with Gasteiger partial charge in [-0.05, 0) is 18.2 Å². The number of rotatable bonds is 8. The lowest BCUT2D eigenvalue weighted by molar-refractivity contribution is -0.236. The lowest BCUT2D eigenvalue weighted by atomic mass is 9.81. The number of hydrogen-bond donors (Lipinski definition) is 3. The van der Waals surface area contributed by atoms with Crippen LogP contribution >= 0.6 is 0 Å². The Balaban J connectivity index is 1.69. The number of halogens is 4. The summed E-state index contributed by atoms with van der Waals surface area (Å²) in [5, 5.41) is 39.9. The van der Waals surface area contributed by atoms with Crippen molar-refractivity contribution in [1.29, 1.82) is 0 Å². The largest absolute Gasteiger partial charge is 0.394 e. The second-order valence-corrected chi connectivity index (χ2v) is 10.6. The highest BCUT2D eigenvalue weighted by Crippen LogP contribution is 2.35. The fourth-order valence-electron chi connectivity index (χ4n) is 4.49. The zero-order valence-corrected chi connectivity index (χ0v) is 21.8. The Hall–Kier alpha value is -3.23. The van der Waals surface area contributed by atoms with Gasteiger partial charge < -0.3 is 24.8 Å². The summed E-state index contributed by atoms with van der Waals surface area (Å²) in [5.74, 6) is -5.64. The van der Waals surface area contributed by atoms with E-state index in [-0.39, 0.29) is 23.4 Å². The number of aromatic nitrogens is 3. The SMILES string of the molecule is CC(C)(C)C(=O)[C@@H](OCc1ccccc1F)[C@@H]1OC(CO)[C@H](O)[C@H](n2cc(-c3cc(F)c(F)c(F)c3)nn2)C1O. The lowest BCUT2D eigenvalue weighted by Crippen LogP contribution is -2.61. The first-order valence-electron chi connectivity index (χ1n) is 12.4. The molecule has 216 valence electrons. The van der Waals surface area contributed by atoms with Crippen LogP contribution in [0.15, 0.2) is 42.6 Å². The Morgan fingerprint density at radius 2 is 1.73 bits per heavy atom. The molecule has 0 saturated carbocycles. The number of nitrogens with zero attached hydrogens (tertiary/aromatic N) is 3. The van der Waals surface area contributed by atoms with Gasteiger partial charge >= 0.3 is 0 Å². The molecule has 13 heteroatoms. The van der Waals surface area contributed by atoms with Gasteiger partial charge in [0.05, 0.1) is 19.4 Å². The van der Waals surface area contributed by atoms with Crippen molar-refractivity contribution < 1.29 is 47.1 Å². The molecule has 1 aromatic heterocycles. The Labute approximate surface area is 227 Å². The summed E-state index contributed by atoms with van der Waals surface area (Å²) in [5.41, 5.74) is -1.13. The predicted molar refractivity (Wildman–Crippen MR) is 132 cm³/mol. The Morgan fingerprint density at radius 3 is 2.33 bits per heavy atom. The van der Waals surface area contributed by atoms with Crippen molar-refractivity contribution >= 4 is 5.78 Å². The molecule has 6 atom stereocenters. The van der Waals surface area contributed by atoms with Crippen LogP contribution in [0.4, 0.5) is 17.6 Å². The first kappa shape index (κ1) is 29.7. The fourth-order valence-corrected chi connectivity index (χ4v) is 4.49. The molecule has 3 N–H and O–H groups in total. The predicted octanol–water partition coefficient (Wildman–Crippen LogP) is 2.72. The van der Waals surface area contributed by atoms with Gasteiger partial charge in [-0.15, -0.1) is 5.10 Å². The van der Waals surface area contributed by atoms with Crippen molar-refractivity contribution in [3.63, 3.8) is 0 Å². The molecule has 0 bridgehead atoms. The average molecular weight is 568 g/mol. The standard InChI is InChI=1S/C27H29F4N3O6/c1-27(2,3)26(38)25(39-12-13-6-4-5-7-15(13)28)24-23(37)21(22(36)19(11-35)40-24)34-10-18(32-33-34)14-8-16(29)20(31)17(30)9-14/h4-10,19,21-25,35-37H,11-12H2,1-3H3/t19?,21-,22-,23?,24+,25-/m0/s1. The average Bonchev–Trinajstić information content (AvgIpc) is 3.38. The molecular weight excluding hydrogens is 538 g/mol. The second kappa shape index (κ2) is 11.7. The summed E-state index contributed by atoms with van der Waals surface area (Å²) < 4.78 is 67.8. The van der Waals surface area contributed by atoms with Crippen molar-refractivity contribution in [2.24, 2.45) is 5.41 Å². The highest BCUT2D eigenvalue weighted by atomic mass is 19.2. The lowest BCUT2D eigenvalue weighted by Gasteiger charge is -2.45. The quantitative estimate of drug-likeness (QED) is 0.280. The minimum absolute atomic E-state index is 0.112. The van der Waals surface area contributed by atoms with Crippen LogP contribution in [0.3, 0.4) is 0 Å². The molecule has 2 unspecified atom stereocenters. The number of carbonyl (C=O) groups excluding carboxylic acids is 1. The molecule has 0 spiro atoms. The smallest absolute Gasteiger partial charge is 0.194 e. The number of aliphatic hydroxyl groups excluding tert-OH is 3. The molecule has 3 aromatic rings. The minimum Gasteiger partial charge on any atom is -0.394 e. The van der Waals surface area contributed by atoms with E-state index in [1.54, 1.807) is 26.8 Å². The van der Waals surface area contributed by atoms with Gasteiger partial charge in [0.25, 0.3) is 0 Å². The molecule has 1 aliphatic rings. The molecule has 40 heavy (non-hydrogen) atoms. The van der Waals surface area contributed by atoms with Crippen molar-refractivity contribution in [1.82, 2.24) is 15.0 Å². The summed E-state index contributed by atoms with van der Waals surface area (Å²) >= 11 is 0. The van der Waals surface area contributed by atoms with Crippen LogP contribution < -0.4 is 0 Å². The van der Waals surface area contributed by atoms with Crippen molar-refractivity contribution in [2.45, 2.75) is 63.9 Å². The Bertz CT molecular complexity index is 1340. The molecule has 0 aliphatic carbocycles. The second-order valence-electron chi connectivity index (χ2n) is 10.6. The van der Waals surface area contributed by atoms with Crippen LogP contribution in [-0.4, -0.2) is 73.2 Å². The first-order chi connectivity index (χ1) is 18.8. The maximum atomic E-state index is 14.3. The van der Waals surface area contributed by atoms with Gasteiger partial charge in [0.1, 0.15) is 48.1 Å². The maximum Gasteiger partial charge on any atom is 0.194 e. The Morgan fingerprint density at radius 1 is 1.07 bits per heavy atom. The van der Waals surface area contributed by atoms with Gasteiger partial charge in [-0.3, -0.25) is 4.79 Å². The molecule has 9 nitrogen and oxygen atoms in total. The number of Topliss-reactive ketones (excluding diaryl/α,β-unsaturated/α-hetero) is 1. The number of aliphatic hydroxyl groups is 3. The van der Waals surface area contributed by atoms with E-state index in [0.717, 1.165) is 10.9 Å². The zero-order valence-electron chi connectivity index (χ0n) is 21.8. The highest BCUT2D eigenvalue weighted by Gasteiger charge is 2.51. The summed E-state index contributed by atoms with van der Waals surface area (Å²) in [6.45, 7) is 3.78. The van der Waals surface area contributed by atoms with E-state index in [0.29, 0.717) is 12.1 Å². The minimum atomic E-state index is -1.69. The van der Waals surface area contributed by atoms with Crippen LogP contribution in [0.25, 0.3) is 11.3 Å². The third kappa shape index (κ3) is 5.93. The van der Waals surface area contributed by atoms with Crippen LogP contribution in [0.2, 0.25) is 0 Å². The van der Waals surface area contributed by atoms with E-state index >= 15 is 0 Å². The van der Waals surface area contributed by atoms with Crippen LogP contribution in [0, 0.1) is 28.7 Å². The molecule has 2 aromatic carbocycles. The van der Waals surface area contributed by atoms with Crippen LogP contribution in [0.1, 0.15) is 32.4 Å². The molecule has 0 radical (unpaired) electrons. The van der Waals surface area contributed by atoms with Crippen LogP contribution in [0.5, 0.6) is 0 Å². The topological polar surface area (TPSA) is 127 Å². The van der Waals surface area contributed by atoms with Crippen molar-refractivity contribution in [3.05, 3.63) is 71.4 Å². The molecule has 1 saturated heterocycles. The normalized spacial score (nSPS) is 24.2. The van der Waals surface area contributed by atoms with Gasteiger partial charge in [-0.25, -0.2) is 22.2 Å². The highest BCUT2D eigenvalue weighted by molar-refractivity contribution is 5.88. The van der Waals surface area contributed by atoms with E-state index < -0.39 is 77.6 Å². The molecular formula is C27H29F4N3O6. The Kier molecular flexibility index (Phi) is 8.71. The zero-order chi connectivity index (χ0) is 29.4. The van der Waals surface area contributed by atoms with Crippen molar-refractivity contribution in [2.75, 3.05) is 6.61 Å². The van der Waals surface area contributed by atoms with E-state index in [4.69, 9.17) is 9.47 Å². The first-order valence-corrected chi connectivity index (χ1v) is 12.4. The number of ketones is 1. The molecule has 4 rings (SSSR count). The van der Waals surface area contributed by atoms with E-state index in [2.05, 4.69) is 10.3 Å². The summed E-state index contributed by atoms with van der Waals surface area (Å²) in [6, 6.07) is 5.80. The van der Waals surface area contributed by atoms with E-state index in [1.807, 2.05) is 0 Å². The van der Waals surface area contributed by atoms with Gasteiger partial charge in [0.2, 0.25) is 0 Å². The third-order valence-corrected chi connectivity index (χ3v) is 6.70.